The van der Waals surface area contributed by atoms with Gasteiger partial charge in [0.1, 0.15) is 11.7 Å². The number of nitrogens with zero attached hydrogens (tertiary/aromatic N) is 2. The van der Waals surface area contributed by atoms with Gasteiger partial charge in [-0.1, -0.05) is 15.9 Å². The highest BCUT2D eigenvalue weighted by atomic mass is 79.9. The largest absolute Gasteiger partial charge is 0.368 e. The van der Waals surface area contributed by atoms with Crippen LogP contribution in [0.1, 0.15) is 0 Å². The summed E-state index contributed by atoms with van der Waals surface area (Å²) in [6.45, 7) is 1.54. The van der Waals surface area contributed by atoms with E-state index < -0.39 is 16.9 Å². The lowest BCUT2D eigenvalue weighted by molar-refractivity contribution is -0.384. The second-order valence-electron chi connectivity index (χ2n) is 4.21. The number of carbonyl (C=O) groups is 1. The van der Waals surface area contributed by atoms with E-state index >= 15 is 0 Å². The molecule has 1 aromatic carbocycles. The molecule has 2 rings (SSSR count). The second kappa shape index (κ2) is 5.54. The highest BCUT2D eigenvalue weighted by Crippen LogP contribution is 2.32. The van der Waals surface area contributed by atoms with Crippen LogP contribution in [0.3, 0.4) is 0 Å². The number of hydrogen-bond donors (Lipinski definition) is 2. The Labute approximate surface area is 118 Å². The van der Waals surface area contributed by atoms with Crippen molar-refractivity contribution in [2.24, 2.45) is 5.73 Å². The standard InChI is InChI=1S/C11H13BrN4O3/c12-7-1-2-8(9(5-7)16(18)19)15-4-3-14-6-10(15)11(13)17/h1-2,5,10,14H,3-4,6H2,(H2,13,17). The Morgan fingerprint density at radius 1 is 1.58 bits per heavy atom. The van der Waals surface area contributed by atoms with Gasteiger partial charge in [0, 0.05) is 30.2 Å². The maximum Gasteiger partial charge on any atom is 0.293 e. The molecule has 1 heterocycles. The van der Waals surface area contributed by atoms with E-state index in [2.05, 4.69) is 21.2 Å². The number of nitrogens with one attached hydrogen (secondary N) is 1. The van der Waals surface area contributed by atoms with Crippen LogP contribution < -0.4 is 16.0 Å². The molecule has 1 aliphatic heterocycles. The molecule has 1 fully saturated rings. The van der Waals surface area contributed by atoms with E-state index in [1.54, 1.807) is 17.0 Å². The number of rotatable bonds is 3. The molecule has 0 spiro atoms. The lowest BCUT2D eigenvalue weighted by Gasteiger charge is -2.35. The van der Waals surface area contributed by atoms with Gasteiger partial charge in [-0.15, -0.1) is 0 Å². The highest BCUT2D eigenvalue weighted by molar-refractivity contribution is 9.10. The normalized spacial score (nSPS) is 19.2. The summed E-state index contributed by atoms with van der Waals surface area (Å²) in [6, 6.07) is 4.19. The number of piperazine rings is 1. The summed E-state index contributed by atoms with van der Waals surface area (Å²) < 4.78 is 0.619. The summed E-state index contributed by atoms with van der Waals surface area (Å²) in [5, 5.41) is 14.2. The molecule has 1 amide bonds. The Hall–Kier alpha value is -1.67. The van der Waals surface area contributed by atoms with Crippen molar-refractivity contribution in [3.8, 4) is 0 Å². The number of carbonyl (C=O) groups excluding carboxylic acids is 1. The third kappa shape index (κ3) is 2.85. The van der Waals surface area contributed by atoms with E-state index in [4.69, 9.17) is 5.73 Å². The molecule has 1 aromatic rings. The number of halogens is 1. The topological polar surface area (TPSA) is 102 Å². The van der Waals surface area contributed by atoms with Gasteiger partial charge in [-0.05, 0) is 12.1 Å². The van der Waals surface area contributed by atoms with Crippen molar-refractivity contribution in [1.82, 2.24) is 5.32 Å². The van der Waals surface area contributed by atoms with E-state index in [1.807, 2.05) is 0 Å². The first-order valence-corrected chi connectivity index (χ1v) is 6.50. The van der Waals surface area contributed by atoms with Crippen LogP contribution in [0.5, 0.6) is 0 Å². The molecular formula is C11H13BrN4O3. The van der Waals surface area contributed by atoms with E-state index in [9.17, 15) is 14.9 Å². The lowest BCUT2D eigenvalue weighted by atomic mass is 10.1. The number of benzene rings is 1. The van der Waals surface area contributed by atoms with Crippen LogP contribution in [0.4, 0.5) is 11.4 Å². The van der Waals surface area contributed by atoms with Crippen LogP contribution in [-0.2, 0) is 4.79 Å². The zero-order valence-corrected chi connectivity index (χ0v) is 11.6. The quantitative estimate of drug-likeness (QED) is 0.625. The number of nitro benzene ring substituents is 1. The molecule has 1 saturated heterocycles. The van der Waals surface area contributed by atoms with Gasteiger partial charge in [0.15, 0.2) is 0 Å². The van der Waals surface area contributed by atoms with Crippen LogP contribution in [-0.4, -0.2) is 36.5 Å². The van der Waals surface area contributed by atoms with E-state index in [0.717, 1.165) is 0 Å². The first-order chi connectivity index (χ1) is 9.00. The number of nitrogens with two attached hydrogens (primary N) is 1. The molecule has 19 heavy (non-hydrogen) atoms. The van der Waals surface area contributed by atoms with Crippen LogP contribution in [0.2, 0.25) is 0 Å². The van der Waals surface area contributed by atoms with Gasteiger partial charge >= 0.3 is 0 Å². The van der Waals surface area contributed by atoms with Gasteiger partial charge in [0.2, 0.25) is 5.91 Å². The lowest BCUT2D eigenvalue weighted by Crippen LogP contribution is -2.57. The number of primary amides is 1. The molecule has 0 saturated carbocycles. The average molecular weight is 329 g/mol. The maximum absolute atomic E-state index is 11.4. The molecule has 0 aliphatic carbocycles. The smallest absolute Gasteiger partial charge is 0.293 e. The Kier molecular flexibility index (Phi) is 4.01. The Morgan fingerprint density at radius 3 is 2.95 bits per heavy atom. The van der Waals surface area contributed by atoms with Crippen LogP contribution in [0, 0.1) is 10.1 Å². The Morgan fingerprint density at radius 2 is 2.32 bits per heavy atom. The van der Waals surface area contributed by atoms with Crippen molar-refractivity contribution < 1.29 is 9.72 Å². The number of amides is 1. The van der Waals surface area contributed by atoms with Gasteiger partial charge in [0.05, 0.1) is 4.92 Å². The minimum Gasteiger partial charge on any atom is -0.368 e. The van der Waals surface area contributed by atoms with Crippen LogP contribution >= 0.6 is 15.9 Å². The summed E-state index contributed by atoms with van der Waals surface area (Å²) in [4.78, 5) is 23.8. The molecule has 1 atom stereocenters. The molecule has 0 bridgehead atoms. The average Bonchev–Trinajstić information content (AvgIpc) is 2.38. The minimum absolute atomic E-state index is 0.0393. The predicted molar refractivity (Wildman–Crippen MR) is 74.0 cm³/mol. The summed E-state index contributed by atoms with van der Waals surface area (Å²) in [5.74, 6) is -0.496. The Balaban J connectivity index is 2.44. The molecule has 102 valence electrons. The van der Waals surface area contributed by atoms with Crippen molar-refractivity contribution >= 4 is 33.2 Å². The van der Waals surface area contributed by atoms with Gasteiger partial charge in [-0.25, -0.2) is 0 Å². The highest BCUT2D eigenvalue weighted by Gasteiger charge is 2.31. The fourth-order valence-corrected chi connectivity index (χ4v) is 2.48. The predicted octanol–water partition coefficient (Wildman–Crippen LogP) is 0.621. The fourth-order valence-electron chi connectivity index (χ4n) is 2.13. The van der Waals surface area contributed by atoms with E-state index in [-0.39, 0.29) is 5.69 Å². The van der Waals surface area contributed by atoms with Crippen molar-refractivity contribution in [1.29, 1.82) is 0 Å². The third-order valence-corrected chi connectivity index (χ3v) is 3.51. The number of hydrogen-bond acceptors (Lipinski definition) is 5. The summed E-state index contributed by atoms with van der Waals surface area (Å²) in [5.41, 5.74) is 5.73. The Bertz CT molecular complexity index is 523. The molecule has 0 radical (unpaired) electrons. The van der Waals surface area contributed by atoms with E-state index in [1.165, 1.54) is 6.07 Å². The second-order valence-corrected chi connectivity index (χ2v) is 5.12. The molecular weight excluding hydrogens is 316 g/mol. The zero-order chi connectivity index (χ0) is 14.0. The maximum atomic E-state index is 11.4. The number of nitro groups is 1. The van der Waals surface area contributed by atoms with Gasteiger partial charge in [-0.3, -0.25) is 14.9 Å². The third-order valence-electron chi connectivity index (χ3n) is 3.02. The molecule has 1 aliphatic rings. The van der Waals surface area contributed by atoms with E-state index in [0.29, 0.717) is 29.8 Å². The summed E-state index contributed by atoms with van der Waals surface area (Å²) in [7, 11) is 0. The van der Waals surface area contributed by atoms with Crippen molar-refractivity contribution in [3.05, 3.63) is 32.8 Å². The van der Waals surface area contributed by atoms with Crippen molar-refractivity contribution in [3.63, 3.8) is 0 Å². The fraction of sp³-hybridized carbons (Fsp3) is 0.364. The summed E-state index contributed by atoms with van der Waals surface area (Å²) in [6.07, 6.45) is 0. The molecule has 3 N–H and O–H groups in total. The molecule has 7 nitrogen and oxygen atoms in total. The zero-order valence-electron chi connectivity index (χ0n) is 10.0. The minimum atomic E-state index is -0.575. The van der Waals surface area contributed by atoms with Crippen LogP contribution in [0.25, 0.3) is 0 Å². The van der Waals surface area contributed by atoms with Gasteiger partial charge in [0.25, 0.3) is 5.69 Å². The van der Waals surface area contributed by atoms with Crippen molar-refractivity contribution in [2.45, 2.75) is 6.04 Å². The molecule has 1 unspecified atom stereocenters. The molecule has 0 aromatic heterocycles. The van der Waals surface area contributed by atoms with Crippen LogP contribution in [0.15, 0.2) is 22.7 Å². The SMILES string of the molecule is NC(=O)C1CNCCN1c1ccc(Br)cc1[N+](=O)[O-]. The number of anilines is 1. The van der Waals surface area contributed by atoms with Crippen molar-refractivity contribution in [2.75, 3.05) is 24.5 Å². The monoisotopic (exact) mass is 328 g/mol. The molecule has 8 heteroatoms. The van der Waals surface area contributed by atoms with Gasteiger partial charge in [-0.2, -0.15) is 0 Å². The first-order valence-electron chi connectivity index (χ1n) is 5.71. The summed E-state index contributed by atoms with van der Waals surface area (Å²) >= 11 is 3.21. The van der Waals surface area contributed by atoms with Gasteiger partial charge < -0.3 is 16.0 Å². The first kappa shape index (κ1) is 13.8.